The van der Waals surface area contributed by atoms with E-state index in [0.717, 1.165) is 6.07 Å². The third-order valence-electron chi connectivity index (χ3n) is 1.48. The highest BCUT2D eigenvalue weighted by molar-refractivity contribution is 6.35. The van der Waals surface area contributed by atoms with Crippen molar-refractivity contribution in [3.05, 3.63) is 22.1 Å². The molecule has 0 amide bonds. The first kappa shape index (κ1) is 12.4. The van der Waals surface area contributed by atoms with E-state index in [-0.39, 0.29) is 22.5 Å². The van der Waals surface area contributed by atoms with Crippen LogP contribution in [0.5, 0.6) is 5.88 Å². The molecule has 2 N–H and O–H groups in total. The molecule has 7 heteroatoms. The number of nitrogens with zero attached hydrogens (tertiary/aromatic N) is 1. The van der Waals surface area contributed by atoms with Crippen LogP contribution in [0.1, 0.15) is 0 Å². The van der Waals surface area contributed by atoms with Crippen molar-refractivity contribution in [2.45, 2.75) is 6.10 Å². The number of aliphatic hydroxyl groups is 2. The minimum Gasteiger partial charge on any atom is -0.474 e. The number of aliphatic hydroxyl groups excluding tert-OH is 2. The zero-order valence-electron chi connectivity index (χ0n) is 7.45. The summed E-state index contributed by atoms with van der Waals surface area (Å²) in [4.78, 5) is 3.33. The summed E-state index contributed by atoms with van der Waals surface area (Å²) in [6.07, 6.45) is -1.07. The fraction of sp³-hybridized carbons (Fsp3) is 0.375. The highest BCUT2D eigenvalue weighted by Gasteiger charge is 2.11. The molecular formula is C8H8Cl2FNO3. The second-order valence-corrected chi connectivity index (χ2v) is 3.51. The fourth-order valence-electron chi connectivity index (χ4n) is 0.758. The lowest BCUT2D eigenvalue weighted by Gasteiger charge is -2.10. The molecule has 0 aromatic carbocycles. The van der Waals surface area contributed by atoms with Crippen LogP contribution in [0.25, 0.3) is 0 Å². The molecule has 1 rings (SSSR count). The molecule has 15 heavy (non-hydrogen) atoms. The van der Waals surface area contributed by atoms with E-state index in [1.165, 1.54) is 0 Å². The molecule has 1 atom stereocenters. The minimum atomic E-state index is -1.07. The van der Waals surface area contributed by atoms with E-state index in [1.807, 2.05) is 0 Å². The van der Waals surface area contributed by atoms with Crippen LogP contribution in [0.15, 0.2) is 6.07 Å². The molecule has 0 fully saturated rings. The SMILES string of the molecule is OCC(O)COc1nc(F)c(Cl)cc1Cl. The highest BCUT2D eigenvalue weighted by Crippen LogP contribution is 2.26. The van der Waals surface area contributed by atoms with Gasteiger partial charge in [-0.15, -0.1) is 0 Å². The average Bonchev–Trinajstić information content (AvgIpc) is 2.21. The second kappa shape index (κ2) is 5.46. The monoisotopic (exact) mass is 255 g/mol. The molecule has 4 nitrogen and oxygen atoms in total. The number of hydrogen-bond donors (Lipinski definition) is 2. The number of aromatic nitrogens is 1. The number of rotatable bonds is 4. The van der Waals surface area contributed by atoms with Crippen LogP contribution < -0.4 is 4.74 Å². The summed E-state index contributed by atoms with van der Waals surface area (Å²) < 4.78 is 17.7. The molecule has 0 radical (unpaired) electrons. The van der Waals surface area contributed by atoms with E-state index in [2.05, 4.69) is 4.98 Å². The molecule has 0 aliphatic carbocycles. The van der Waals surface area contributed by atoms with Gasteiger partial charge < -0.3 is 14.9 Å². The van der Waals surface area contributed by atoms with Gasteiger partial charge >= 0.3 is 0 Å². The van der Waals surface area contributed by atoms with Gasteiger partial charge in [-0.2, -0.15) is 9.37 Å². The Balaban J connectivity index is 2.73. The summed E-state index contributed by atoms with van der Waals surface area (Å²) in [6, 6.07) is 1.14. The van der Waals surface area contributed by atoms with Crippen LogP contribution in [-0.4, -0.2) is 34.5 Å². The molecule has 0 bridgehead atoms. The van der Waals surface area contributed by atoms with Gasteiger partial charge in [0.25, 0.3) is 0 Å². The van der Waals surface area contributed by atoms with Gasteiger partial charge in [0, 0.05) is 0 Å². The largest absolute Gasteiger partial charge is 0.474 e. The Morgan fingerprint density at radius 2 is 2.13 bits per heavy atom. The minimum absolute atomic E-state index is 0.0338. The van der Waals surface area contributed by atoms with Crippen molar-refractivity contribution in [2.75, 3.05) is 13.2 Å². The van der Waals surface area contributed by atoms with Gasteiger partial charge in [-0.25, -0.2) is 0 Å². The quantitative estimate of drug-likeness (QED) is 0.796. The maximum atomic E-state index is 12.9. The maximum absolute atomic E-state index is 12.9. The fourth-order valence-corrected chi connectivity index (χ4v) is 1.17. The highest BCUT2D eigenvalue weighted by atomic mass is 35.5. The van der Waals surface area contributed by atoms with Crippen LogP contribution in [0.2, 0.25) is 10.0 Å². The van der Waals surface area contributed by atoms with Crippen molar-refractivity contribution in [1.82, 2.24) is 4.98 Å². The van der Waals surface area contributed by atoms with Gasteiger partial charge in [-0.05, 0) is 6.07 Å². The van der Waals surface area contributed by atoms with Crippen molar-refractivity contribution in [2.24, 2.45) is 0 Å². The predicted molar refractivity (Wildman–Crippen MR) is 52.8 cm³/mol. The van der Waals surface area contributed by atoms with Crippen LogP contribution in [0.3, 0.4) is 0 Å². The molecule has 1 unspecified atom stereocenters. The molecule has 0 spiro atoms. The van der Waals surface area contributed by atoms with Crippen LogP contribution in [0.4, 0.5) is 4.39 Å². The van der Waals surface area contributed by atoms with E-state index in [4.69, 9.17) is 38.2 Å². The summed E-state index contributed by atoms with van der Waals surface area (Å²) in [7, 11) is 0. The van der Waals surface area contributed by atoms with Gasteiger partial charge in [0.2, 0.25) is 11.8 Å². The number of hydrogen-bond acceptors (Lipinski definition) is 4. The summed E-state index contributed by atoms with van der Waals surface area (Å²) in [6.45, 7) is -0.696. The van der Waals surface area contributed by atoms with Gasteiger partial charge in [-0.3, -0.25) is 0 Å². The summed E-state index contributed by atoms with van der Waals surface area (Å²) >= 11 is 11.1. The summed E-state index contributed by atoms with van der Waals surface area (Å²) in [5, 5.41) is 17.3. The van der Waals surface area contributed by atoms with E-state index in [9.17, 15) is 4.39 Å². The Hall–Kier alpha value is -0.620. The van der Waals surface area contributed by atoms with Crippen molar-refractivity contribution in [3.63, 3.8) is 0 Å². The van der Waals surface area contributed by atoms with Crippen molar-refractivity contribution >= 4 is 23.2 Å². The maximum Gasteiger partial charge on any atom is 0.235 e. The molecule has 84 valence electrons. The normalized spacial score (nSPS) is 12.6. The lowest BCUT2D eigenvalue weighted by atomic mass is 10.4. The second-order valence-electron chi connectivity index (χ2n) is 2.70. The molecule has 0 saturated carbocycles. The molecular weight excluding hydrogens is 248 g/mol. The van der Waals surface area contributed by atoms with Crippen LogP contribution in [-0.2, 0) is 0 Å². The Morgan fingerprint density at radius 1 is 1.47 bits per heavy atom. The molecule has 0 aliphatic heterocycles. The average molecular weight is 256 g/mol. The molecule has 0 aliphatic rings. The third-order valence-corrected chi connectivity index (χ3v) is 2.01. The van der Waals surface area contributed by atoms with Crippen molar-refractivity contribution in [3.8, 4) is 5.88 Å². The predicted octanol–water partition coefficient (Wildman–Crippen LogP) is 1.26. The van der Waals surface area contributed by atoms with E-state index in [1.54, 1.807) is 0 Å². The van der Waals surface area contributed by atoms with Crippen LogP contribution >= 0.6 is 23.2 Å². The van der Waals surface area contributed by atoms with E-state index in [0.29, 0.717) is 0 Å². The zero-order valence-corrected chi connectivity index (χ0v) is 8.96. The summed E-state index contributed by atoms with van der Waals surface area (Å²) in [5.41, 5.74) is 0. The van der Waals surface area contributed by atoms with E-state index >= 15 is 0 Å². The standard InChI is InChI=1S/C8H8Cl2FNO3/c9-5-1-6(10)8(12-7(5)11)15-3-4(14)2-13/h1,4,13-14H,2-3H2. The first-order valence-corrected chi connectivity index (χ1v) is 4.73. The number of halogens is 3. The Kier molecular flexibility index (Phi) is 4.53. The van der Waals surface area contributed by atoms with Gasteiger partial charge in [0.05, 0.1) is 11.6 Å². The Morgan fingerprint density at radius 3 is 2.73 bits per heavy atom. The van der Waals surface area contributed by atoms with E-state index < -0.39 is 18.7 Å². The molecule has 1 aromatic rings. The Bertz CT molecular complexity index is 351. The lowest BCUT2D eigenvalue weighted by molar-refractivity contribution is 0.0519. The topological polar surface area (TPSA) is 62.6 Å². The van der Waals surface area contributed by atoms with Crippen molar-refractivity contribution in [1.29, 1.82) is 0 Å². The molecule has 0 saturated heterocycles. The Labute approximate surface area is 95.2 Å². The smallest absolute Gasteiger partial charge is 0.235 e. The summed E-state index contributed by atoms with van der Waals surface area (Å²) in [5.74, 6) is -1.08. The van der Waals surface area contributed by atoms with Gasteiger partial charge in [0.15, 0.2) is 0 Å². The molecule has 1 heterocycles. The van der Waals surface area contributed by atoms with Crippen molar-refractivity contribution < 1.29 is 19.3 Å². The van der Waals surface area contributed by atoms with Gasteiger partial charge in [-0.1, -0.05) is 23.2 Å². The zero-order chi connectivity index (χ0) is 11.4. The third kappa shape index (κ3) is 3.46. The van der Waals surface area contributed by atoms with Gasteiger partial charge in [0.1, 0.15) is 17.7 Å². The number of pyridine rings is 1. The lowest BCUT2D eigenvalue weighted by Crippen LogP contribution is -2.21. The first-order valence-electron chi connectivity index (χ1n) is 3.98. The molecule has 1 aromatic heterocycles. The first-order chi connectivity index (χ1) is 7.04. The van der Waals surface area contributed by atoms with Crippen LogP contribution in [0, 0.1) is 5.95 Å². The number of ether oxygens (including phenoxy) is 1.